The molecule has 17 heavy (non-hydrogen) atoms. The number of halogens is 2. The molecule has 0 saturated carbocycles. The van der Waals surface area contributed by atoms with Gasteiger partial charge in [0.25, 0.3) is 4.60 Å². The van der Waals surface area contributed by atoms with Crippen molar-refractivity contribution in [3.05, 3.63) is 62.2 Å². The Balaban J connectivity index is 0.000000171. The molecule has 0 radical (unpaired) electrons. The van der Waals surface area contributed by atoms with E-state index in [0.29, 0.717) is 10.3 Å². The summed E-state index contributed by atoms with van der Waals surface area (Å²) in [6.07, 6.45) is 0. The van der Waals surface area contributed by atoms with E-state index in [9.17, 15) is 5.21 Å². The van der Waals surface area contributed by atoms with Crippen molar-refractivity contribution in [1.29, 1.82) is 0 Å². The summed E-state index contributed by atoms with van der Waals surface area (Å²) in [4.78, 5) is 4.09. The van der Waals surface area contributed by atoms with E-state index >= 15 is 0 Å². The molecule has 2 rings (SSSR count). The highest BCUT2D eigenvalue weighted by Crippen LogP contribution is 2.04. The number of pyridine rings is 2. The molecule has 0 aliphatic heterocycles. The number of nitrogens with zero attached hydrogens (tertiary/aromatic N) is 2. The highest BCUT2D eigenvalue weighted by atomic mass is 79.9. The van der Waals surface area contributed by atoms with Crippen LogP contribution in [0.3, 0.4) is 0 Å². The summed E-state index contributed by atoms with van der Waals surface area (Å²) in [7, 11) is 0. The van der Waals surface area contributed by atoms with Gasteiger partial charge in [-0.1, -0.05) is 6.07 Å². The van der Waals surface area contributed by atoms with Crippen LogP contribution in [0.15, 0.2) is 45.6 Å². The van der Waals surface area contributed by atoms with Crippen LogP contribution in [0.1, 0.15) is 11.4 Å². The van der Waals surface area contributed by atoms with Crippen molar-refractivity contribution in [3.8, 4) is 0 Å². The van der Waals surface area contributed by atoms with Crippen LogP contribution in [0.2, 0.25) is 0 Å². The van der Waals surface area contributed by atoms with Gasteiger partial charge in [0.15, 0.2) is 5.69 Å². The van der Waals surface area contributed by atoms with Crippen LogP contribution in [0.5, 0.6) is 0 Å². The minimum atomic E-state index is 0.558. The van der Waals surface area contributed by atoms with Gasteiger partial charge in [-0.05, 0) is 41.1 Å². The zero-order valence-corrected chi connectivity index (χ0v) is 12.7. The van der Waals surface area contributed by atoms with Gasteiger partial charge in [0.2, 0.25) is 0 Å². The molecule has 0 unspecified atom stereocenters. The molecule has 2 aromatic rings. The Morgan fingerprint density at radius 2 is 1.71 bits per heavy atom. The maximum Gasteiger partial charge on any atom is 0.259 e. The van der Waals surface area contributed by atoms with Crippen molar-refractivity contribution < 1.29 is 4.73 Å². The quantitative estimate of drug-likeness (QED) is 0.410. The van der Waals surface area contributed by atoms with Gasteiger partial charge in [-0.2, -0.15) is 4.73 Å². The molecule has 3 nitrogen and oxygen atoms in total. The van der Waals surface area contributed by atoms with Crippen LogP contribution in [0, 0.1) is 19.1 Å². The zero-order valence-electron chi connectivity index (χ0n) is 9.52. The fraction of sp³-hybridized carbons (Fsp3) is 0.167. The number of rotatable bonds is 0. The van der Waals surface area contributed by atoms with Crippen molar-refractivity contribution >= 4 is 31.9 Å². The first-order chi connectivity index (χ1) is 8.00. The van der Waals surface area contributed by atoms with Crippen molar-refractivity contribution in [1.82, 2.24) is 4.98 Å². The fourth-order valence-electron chi connectivity index (χ4n) is 1.08. The van der Waals surface area contributed by atoms with Crippen molar-refractivity contribution in [2.24, 2.45) is 0 Å². The van der Waals surface area contributed by atoms with E-state index in [1.54, 1.807) is 19.1 Å². The summed E-state index contributed by atoms with van der Waals surface area (Å²) < 4.78 is 2.29. The second-order valence-corrected chi connectivity index (χ2v) is 5.01. The Morgan fingerprint density at radius 3 is 2.12 bits per heavy atom. The van der Waals surface area contributed by atoms with Crippen molar-refractivity contribution in [3.63, 3.8) is 0 Å². The molecule has 0 amide bonds. The predicted octanol–water partition coefficient (Wildman–Crippen LogP) is 3.54. The molecule has 2 heterocycles. The molecule has 0 spiro atoms. The molecule has 2 aromatic heterocycles. The maximum atomic E-state index is 10.8. The van der Waals surface area contributed by atoms with Crippen LogP contribution in [-0.2, 0) is 0 Å². The largest absolute Gasteiger partial charge is 0.618 e. The predicted molar refractivity (Wildman–Crippen MR) is 74.5 cm³/mol. The van der Waals surface area contributed by atoms with Crippen LogP contribution >= 0.6 is 31.9 Å². The Kier molecular flexibility index (Phi) is 5.58. The van der Waals surface area contributed by atoms with E-state index in [0.717, 1.165) is 15.0 Å². The highest BCUT2D eigenvalue weighted by Gasteiger charge is 2.00. The van der Waals surface area contributed by atoms with Gasteiger partial charge >= 0.3 is 0 Å². The van der Waals surface area contributed by atoms with Crippen molar-refractivity contribution in [2.75, 3.05) is 0 Å². The molecule has 0 aliphatic carbocycles. The topological polar surface area (TPSA) is 39.8 Å². The average molecular weight is 360 g/mol. The van der Waals surface area contributed by atoms with E-state index in [1.165, 1.54) is 0 Å². The van der Waals surface area contributed by atoms with Gasteiger partial charge < -0.3 is 5.21 Å². The minimum Gasteiger partial charge on any atom is -0.618 e. The maximum absolute atomic E-state index is 10.8. The molecule has 90 valence electrons. The Hall–Kier alpha value is -0.940. The molecule has 0 fully saturated rings. The summed E-state index contributed by atoms with van der Waals surface area (Å²) in [6, 6.07) is 11.1. The Labute approximate surface area is 117 Å². The van der Waals surface area contributed by atoms with E-state index in [-0.39, 0.29) is 0 Å². The lowest BCUT2D eigenvalue weighted by atomic mass is 10.4. The fourth-order valence-corrected chi connectivity index (χ4v) is 1.95. The number of aryl methyl sites for hydroxylation is 2. The number of hydrogen-bond acceptors (Lipinski definition) is 2. The minimum absolute atomic E-state index is 0.558. The second kappa shape index (κ2) is 6.71. The van der Waals surface area contributed by atoms with Crippen LogP contribution in [-0.4, -0.2) is 4.98 Å². The summed E-state index contributed by atoms with van der Waals surface area (Å²) in [5.41, 5.74) is 1.74. The number of aromatic nitrogens is 2. The average Bonchev–Trinajstić information content (AvgIpc) is 2.26. The molecule has 0 aliphatic rings. The van der Waals surface area contributed by atoms with Gasteiger partial charge in [-0.3, -0.25) is 0 Å². The lowest BCUT2D eigenvalue weighted by Gasteiger charge is -1.99. The molecule has 0 atom stereocenters. The smallest absolute Gasteiger partial charge is 0.259 e. The van der Waals surface area contributed by atoms with E-state index in [1.807, 2.05) is 31.2 Å². The first-order valence-electron chi connectivity index (χ1n) is 4.94. The second-order valence-electron chi connectivity index (χ2n) is 3.39. The first kappa shape index (κ1) is 14.1. The van der Waals surface area contributed by atoms with Crippen LogP contribution < -0.4 is 4.73 Å². The lowest BCUT2D eigenvalue weighted by Crippen LogP contribution is -2.31. The van der Waals surface area contributed by atoms with Gasteiger partial charge in [0.05, 0.1) is 0 Å². The molecule has 0 aromatic carbocycles. The highest BCUT2D eigenvalue weighted by molar-refractivity contribution is 9.10. The summed E-state index contributed by atoms with van der Waals surface area (Å²) in [5.74, 6) is 0. The van der Waals surface area contributed by atoms with Gasteiger partial charge in [-0.25, -0.2) is 4.98 Å². The summed E-state index contributed by atoms with van der Waals surface area (Å²) in [6.45, 7) is 3.72. The van der Waals surface area contributed by atoms with E-state index in [4.69, 9.17) is 0 Å². The Morgan fingerprint density at radius 1 is 1.06 bits per heavy atom. The first-order valence-corrected chi connectivity index (χ1v) is 6.53. The molecule has 5 heteroatoms. The molecule has 0 bridgehead atoms. The van der Waals surface area contributed by atoms with E-state index < -0.39 is 0 Å². The monoisotopic (exact) mass is 358 g/mol. The molecular weight excluding hydrogens is 348 g/mol. The third kappa shape index (κ3) is 4.83. The number of hydrogen-bond donors (Lipinski definition) is 0. The Bertz CT molecular complexity index is 466. The molecular formula is C12H12Br2N2O. The SMILES string of the molecule is Cc1cccc(Br)[n+]1[O-].Cc1cccc(Br)n1. The van der Waals surface area contributed by atoms with Gasteiger partial charge in [0.1, 0.15) is 4.60 Å². The standard InChI is InChI=1S/C6H6BrNO.C6H6BrN/c1-5-3-2-4-6(7)8(5)9;1-5-3-2-4-6(7)8-5/h2-4H,1H3;2-4H,1H3. The molecule has 0 saturated heterocycles. The van der Waals surface area contributed by atoms with E-state index in [2.05, 4.69) is 36.8 Å². The normalized spacial score (nSPS) is 9.41. The van der Waals surface area contributed by atoms with Crippen molar-refractivity contribution in [2.45, 2.75) is 13.8 Å². The zero-order chi connectivity index (χ0) is 12.8. The van der Waals surface area contributed by atoms with Gasteiger partial charge in [-0.15, -0.1) is 0 Å². The summed E-state index contributed by atoms with van der Waals surface area (Å²) >= 11 is 6.35. The molecule has 0 N–H and O–H groups in total. The van der Waals surface area contributed by atoms with Crippen LogP contribution in [0.4, 0.5) is 0 Å². The van der Waals surface area contributed by atoms with Gasteiger partial charge in [0, 0.05) is 40.7 Å². The summed E-state index contributed by atoms with van der Waals surface area (Å²) in [5, 5.41) is 10.8. The van der Waals surface area contributed by atoms with Crippen LogP contribution in [0.25, 0.3) is 0 Å². The third-order valence-electron chi connectivity index (χ3n) is 1.94. The third-order valence-corrected chi connectivity index (χ3v) is 2.97. The lowest BCUT2D eigenvalue weighted by molar-refractivity contribution is -0.624.